The van der Waals surface area contributed by atoms with Crippen LogP contribution in [0.25, 0.3) is 0 Å². The lowest BCUT2D eigenvalue weighted by Crippen LogP contribution is -2.14. The number of anilines is 1. The van der Waals surface area contributed by atoms with Crippen LogP contribution in [0.3, 0.4) is 0 Å². The Hall–Kier alpha value is -1.71. The van der Waals surface area contributed by atoms with Gasteiger partial charge in [-0.2, -0.15) is 4.98 Å². The van der Waals surface area contributed by atoms with Crippen LogP contribution in [-0.2, 0) is 16.6 Å². The second-order valence-electron chi connectivity index (χ2n) is 3.86. The molecule has 0 atom stereocenters. The molecule has 0 aromatic carbocycles. The van der Waals surface area contributed by atoms with E-state index in [1.165, 1.54) is 13.2 Å². The number of sulfonamides is 1. The fraction of sp³-hybridized carbons (Fsp3) is 0.273. The first kappa shape index (κ1) is 14.7. The summed E-state index contributed by atoms with van der Waals surface area (Å²) in [6, 6.07) is 4.56. The van der Waals surface area contributed by atoms with Crippen molar-refractivity contribution in [1.29, 1.82) is 0 Å². The molecule has 0 amide bonds. The minimum atomic E-state index is -3.77. The Kier molecular flexibility index (Phi) is 4.21. The van der Waals surface area contributed by atoms with Gasteiger partial charge in [0.25, 0.3) is 10.0 Å². The summed E-state index contributed by atoms with van der Waals surface area (Å²) >= 11 is 0.986. The van der Waals surface area contributed by atoms with E-state index in [1.54, 1.807) is 19.1 Å². The normalized spacial score (nSPS) is 11.3. The van der Waals surface area contributed by atoms with E-state index in [0.717, 1.165) is 11.3 Å². The highest BCUT2D eigenvalue weighted by atomic mass is 32.2. The van der Waals surface area contributed by atoms with Gasteiger partial charge in [0.2, 0.25) is 11.8 Å². The average molecular weight is 315 g/mol. The number of hydrogen-bond donors (Lipinski definition) is 2. The molecule has 0 spiro atoms. The van der Waals surface area contributed by atoms with Gasteiger partial charge in [0.1, 0.15) is 4.21 Å². The maximum Gasteiger partial charge on any atom is 0.273 e. The Morgan fingerprint density at radius 3 is 2.75 bits per heavy atom. The number of aliphatic hydroxyl groups excluding tert-OH is 1. The van der Waals surface area contributed by atoms with E-state index < -0.39 is 10.0 Å². The van der Waals surface area contributed by atoms with Crippen molar-refractivity contribution in [3.05, 3.63) is 28.8 Å². The smallest absolute Gasteiger partial charge is 0.273 e. The van der Waals surface area contributed by atoms with Gasteiger partial charge in [-0.15, -0.1) is 11.3 Å². The summed E-state index contributed by atoms with van der Waals surface area (Å²) < 4.78 is 31.6. The molecule has 108 valence electrons. The van der Waals surface area contributed by atoms with E-state index >= 15 is 0 Å². The predicted octanol–water partition coefficient (Wildman–Crippen LogP) is 1.15. The van der Waals surface area contributed by atoms with Crippen molar-refractivity contribution in [2.24, 2.45) is 0 Å². The van der Waals surface area contributed by atoms with Crippen LogP contribution in [-0.4, -0.2) is 30.6 Å². The Morgan fingerprint density at radius 2 is 2.15 bits per heavy atom. The molecule has 0 unspecified atom stereocenters. The number of aryl methyl sites for hydroxylation is 1. The van der Waals surface area contributed by atoms with E-state index in [2.05, 4.69) is 14.7 Å². The summed E-state index contributed by atoms with van der Waals surface area (Å²) in [6.45, 7) is 1.51. The van der Waals surface area contributed by atoms with Crippen molar-refractivity contribution in [1.82, 2.24) is 9.97 Å². The Labute approximate surface area is 120 Å². The minimum Gasteiger partial charge on any atom is -0.481 e. The van der Waals surface area contributed by atoms with Crippen molar-refractivity contribution in [3.8, 4) is 5.88 Å². The van der Waals surface area contributed by atoms with Crippen LogP contribution < -0.4 is 9.46 Å². The monoisotopic (exact) mass is 315 g/mol. The third-order valence-electron chi connectivity index (χ3n) is 2.32. The van der Waals surface area contributed by atoms with Crippen LogP contribution in [0.2, 0.25) is 0 Å². The second-order valence-corrected chi connectivity index (χ2v) is 6.94. The number of rotatable bonds is 5. The SMILES string of the molecule is COc1cc(C)nc(NS(=O)(=O)c2ccc(CO)s2)n1. The van der Waals surface area contributed by atoms with Crippen LogP contribution in [0.4, 0.5) is 5.95 Å². The number of nitrogens with zero attached hydrogens (tertiary/aromatic N) is 2. The maximum atomic E-state index is 12.1. The lowest BCUT2D eigenvalue weighted by Gasteiger charge is -2.07. The molecule has 0 aliphatic carbocycles. The summed E-state index contributed by atoms with van der Waals surface area (Å²) in [5.41, 5.74) is 0.580. The summed E-state index contributed by atoms with van der Waals surface area (Å²) in [5, 5.41) is 8.97. The van der Waals surface area contributed by atoms with Crippen molar-refractivity contribution < 1.29 is 18.3 Å². The van der Waals surface area contributed by atoms with Gasteiger partial charge in [0.05, 0.1) is 13.7 Å². The molecule has 2 aromatic heterocycles. The first-order valence-corrected chi connectivity index (χ1v) is 7.86. The van der Waals surface area contributed by atoms with E-state index in [-0.39, 0.29) is 22.6 Å². The molecular weight excluding hydrogens is 302 g/mol. The van der Waals surface area contributed by atoms with Crippen molar-refractivity contribution in [3.63, 3.8) is 0 Å². The molecule has 0 bridgehead atoms. The molecule has 0 aliphatic heterocycles. The molecule has 20 heavy (non-hydrogen) atoms. The third kappa shape index (κ3) is 3.24. The number of hydrogen-bond acceptors (Lipinski definition) is 7. The molecule has 2 N–H and O–H groups in total. The predicted molar refractivity (Wildman–Crippen MR) is 74.4 cm³/mol. The number of aliphatic hydroxyl groups is 1. The van der Waals surface area contributed by atoms with Gasteiger partial charge in [0.15, 0.2) is 0 Å². The molecule has 0 fully saturated rings. The van der Waals surface area contributed by atoms with Crippen molar-refractivity contribution in [2.75, 3.05) is 11.8 Å². The van der Waals surface area contributed by atoms with Gasteiger partial charge in [-0.3, -0.25) is 0 Å². The summed E-state index contributed by atoms with van der Waals surface area (Å²) in [6.07, 6.45) is 0. The van der Waals surface area contributed by atoms with E-state index in [0.29, 0.717) is 10.6 Å². The lowest BCUT2D eigenvalue weighted by molar-refractivity contribution is 0.285. The van der Waals surface area contributed by atoms with Gasteiger partial charge in [-0.25, -0.2) is 18.1 Å². The minimum absolute atomic E-state index is 0.0548. The van der Waals surface area contributed by atoms with Crippen LogP contribution in [0.5, 0.6) is 5.88 Å². The quantitative estimate of drug-likeness (QED) is 0.858. The molecular formula is C11H13N3O4S2. The van der Waals surface area contributed by atoms with Crippen molar-refractivity contribution >= 4 is 27.3 Å². The molecule has 0 aliphatic rings. The van der Waals surface area contributed by atoms with Crippen LogP contribution in [0.1, 0.15) is 10.6 Å². The summed E-state index contributed by atoms with van der Waals surface area (Å²) in [7, 11) is -2.33. The molecule has 2 heterocycles. The Balaban J connectivity index is 2.30. The van der Waals surface area contributed by atoms with Gasteiger partial charge in [-0.1, -0.05) is 0 Å². The number of thiophene rings is 1. The maximum absolute atomic E-state index is 12.1. The standard InChI is InChI=1S/C11H13N3O4S2/c1-7-5-9(18-2)13-11(12-7)14-20(16,17)10-4-3-8(6-15)19-10/h3-5,15H,6H2,1-2H3,(H,12,13,14). The average Bonchev–Trinajstić information content (AvgIpc) is 2.87. The largest absolute Gasteiger partial charge is 0.481 e. The summed E-state index contributed by atoms with van der Waals surface area (Å²) in [4.78, 5) is 8.48. The highest BCUT2D eigenvalue weighted by Gasteiger charge is 2.18. The zero-order valence-electron chi connectivity index (χ0n) is 10.8. The van der Waals surface area contributed by atoms with Crippen LogP contribution in [0, 0.1) is 6.92 Å². The fourth-order valence-corrected chi connectivity index (χ4v) is 3.61. The van der Waals surface area contributed by atoms with Gasteiger partial charge in [-0.05, 0) is 19.1 Å². The lowest BCUT2D eigenvalue weighted by atomic mass is 10.4. The molecule has 0 saturated heterocycles. The molecule has 2 aromatic rings. The first-order chi connectivity index (χ1) is 9.44. The summed E-state index contributed by atoms with van der Waals surface area (Å²) in [5.74, 6) is 0.221. The topological polar surface area (TPSA) is 101 Å². The number of methoxy groups -OCH3 is 1. The van der Waals surface area contributed by atoms with E-state index in [1.807, 2.05) is 0 Å². The zero-order chi connectivity index (χ0) is 14.8. The van der Waals surface area contributed by atoms with Gasteiger partial charge in [0, 0.05) is 16.6 Å². The Bertz CT molecular complexity index is 712. The van der Waals surface area contributed by atoms with Crippen molar-refractivity contribution in [2.45, 2.75) is 17.7 Å². The molecule has 9 heteroatoms. The zero-order valence-corrected chi connectivity index (χ0v) is 12.5. The highest BCUT2D eigenvalue weighted by molar-refractivity contribution is 7.94. The third-order valence-corrected chi connectivity index (χ3v) is 5.21. The first-order valence-electron chi connectivity index (χ1n) is 5.56. The second kappa shape index (κ2) is 5.73. The molecule has 0 radical (unpaired) electrons. The van der Waals surface area contributed by atoms with Gasteiger partial charge < -0.3 is 9.84 Å². The van der Waals surface area contributed by atoms with Crippen LogP contribution in [0.15, 0.2) is 22.4 Å². The van der Waals surface area contributed by atoms with E-state index in [4.69, 9.17) is 9.84 Å². The van der Waals surface area contributed by atoms with Crippen LogP contribution >= 0.6 is 11.3 Å². The number of nitrogens with one attached hydrogen (secondary N) is 1. The fourth-order valence-electron chi connectivity index (χ4n) is 1.45. The Morgan fingerprint density at radius 1 is 1.40 bits per heavy atom. The van der Waals surface area contributed by atoms with Gasteiger partial charge >= 0.3 is 0 Å². The molecule has 7 nitrogen and oxygen atoms in total. The highest BCUT2D eigenvalue weighted by Crippen LogP contribution is 2.23. The molecule has 0 saturated carbocycles. The molecule has 2 rings (SSSR count). The van der Waals surface area contributed by atoms with E-state index in [9.17, 15) is 8.42 Å². The number of ether oxygens (including phenoxy) is 1. The number of aromatic nitrogens is 2.